The van der Waals surface area contributed by atoms with E-state index in [0.717, 1.165) is 61.9 Å². The molecule has 6 nitrogen and oxygen atoms in total. The first-order valence-electron chi connectivity index (χ1n) is 9.85. The van der Waals surface area contributed by atoms with Crippen molar-refractivity contribution >= 4 is 16.8 Å². The second-order valence-corrected chi connectivity index (χ2v) is 7.66. The Hall–Kier alpha value is -2.60. The molecule has 6 heteroatoms. The summed E-state index contributed by atoms with van der Waals surface area (Å²) in [6, 6.07) is 7.94. The molecule has 1 spiro atoms. The van der Waals surface area contributed by atoms with Crippen LogP contribution in [0.5, 0.6) is 0 Å². The molecule has 5 rings (SSSR count). The van der Waals surface area contributed by atoms with Gasteiger partial charge in [0, 0.05) is 49.0 Å². The number of hydrogen-bond acceptors (Lipinski definition) is 3. The van der Waals surface area contributed by atoms with Crippen molar-refractivity contribution in [3.63, 3.8) is 0 Å². The Bertz CT molecular complexity index is 979. The Kier molecular flexibility index (Phi) is 3.82. The summed E-state index contributed by atoms with van der Waals surface area (Å²) >= 11 is 0. The van der Waals surface area contributed by atoms with E-state index < -0.39 is 0 Å². The molecule has 2 aromatic heterocycles. The van der Waals surface area contributed by atoms with Crippen LogP contribution < -0.4 is 0 Å². The zero-order valence-electron chi connectivity index (χ0n) is 15.7. The molecule has 1 amide bonds. The maximum absolute atomic E-state index is 13.1. The Morgan fingerprint density at radius 2 is 2.04 bits per heavy atom. The zero-order chi connectivity index (χ0) is 18.4. The summed E-state index contributed by atoms with van der Waals surface area (Å²) in [6.07, 6.45) is 6.65. The van der Waals surface area contributed by atoms with Gasteiger partial charge in [0.25, 0.3) is 5.91 Å². The van der Waals surface area contributed by atoms with Gasteiger partial charge in [-0.15, -0.1) is 0 Å². The highest BCUT2D eigenvalue weighted by molar-refractivity contribution is 5.98. The lowest BCUT2D eigenvalue weighted by Gasteiger charge is -2.50. The van der Waals surface area contributed by atoms with E-state index in [1.165, 1.54) is 11.4 Å². The van der Waals surface area contributed by atoms with Gasteiger partial charge in [-0.05, 0) is 43.0 Å². The second-order valence-electron chi connectivity index (χ2n) is 7.66. The number of piperidine rings is 1. The number of hydrogen-bond donors (Lipinski definition) is 2. The van der Waals surface area contributed by atoms with Gasteiger partial charge in [0.05, 0.1) is 17.6 Å². The standard InChI is InChI=1S/C21H25N5O/c1-2-26-10-6-17-19(24-14-23-17)21(26)7-11-25(12-8-21)20(27)16-4-3-15-5-9-22-18(15)13-16/h3-5,9,13-14,22H,2,6-8,10-12H2,1H3,(H,23,24). The number of H-pyrrole nitrogens is 2. The number of aromatic nitrogens is 3. The van der Waals surface area contributed by atoms with Crippen molar-refractivity contribution in [1.29, 1.82) is 0 Å². The molecule has 1 saturated heterocycles. The molecule has 1 aromatic carbocycles. The molecule has 0 atom stereocenters. The molecule has 4 heterocycles. The van der Waals surface area contributed by atoms with E-state index in [0.29, 0.717) is 0 Å². The second kappa shape index (κ2) is 6.23. The molecule has 0 unspecified atom stereocenters. The third-order valence-electron chi connectivity index (χ3n) is 6.46. The van der Waals surface area contributed by atoms with Gasteiger partial charge >= 0.3 is 0 Å². The number of nitrogens with zero attached hydrogens (tertiary/aromatic N) is 3. The molecule has 2 aliphatic heterocycles. The van der Waals surface area contributed by atoms with Crippen LogP contribution in [0.4, 0.5) is 0 Å². The minimum Gasteiger partial charge on any atom is -0.361 e. The molecule has 0 saturated carbocycles. The number of amides is 1. The van der Waals surface area contributed by atoms with Crippen LogP contribution in [0.15, 0.2) is 36.8 Å². The summed E-state index contributed by atoms with van der Waals surface area (Å²) in [5.74, 6) is 0.127. The van der Waals surface area contributed by atoms with Gasteiger partial charge in [-0.25, -0.2) is 4.98 Å². The first-order valence-corrected chi connectivity index (χ1v) is 9.85. The minimum absolute atomic E-state index is 0.0253. The van der Waals surface area contributed by atoms with Crippen molar-refractivity contribution in [2.75, 3.05) is 26.2 Å². The van der Waals surface area contributed by atoms with Crippen molar-refractivity contribution in [3.8, 4) is 0 Å². The molecule has 3 aromatic rings. The highest BCUT2D eigenvalue weighted by Gasteiger charge is 2.46. The molecule has 0 bridgehead atoms. The Balaban J connectivity index is 1.38. The third-order valence-corrected chi connectivity index (χ3v) is 6.46. The maximum Gasteiger partial charge on any atom is 0.253 e. The van der Waals surface area contributed by atoms with Crippen LogP contribution >= 0.6 is 0 Å². The Morgan fingerprint density at radius 3 is 2.85 bits per heavy atom. The number of rotatable bonds is 2. The largest absolute Gasteiger partial charge is 0.361 e. The molecule has 0 aliphatic carbocycles. The van der Waals surface area contributed by atoms with Gasteiger partial charge in [0.1, 0.15) is 0 Å². The summed E-state index contributed by atoms with van der Waals surface area (Å²) in [5, 5.41) is 1.14. The van der Waals surface area contributed by atoms with E-state index in [1.54, 1.807) is 0 Å². The minimum atomic E-state index is -0.0253. The van der Waals surface area contributed by atoms with Crippen molar-refractivity contribution in [3.05, 3.63) is 53.7 Å². The van der Waals surface area contributed by atoms with Crippen LogP contribution in [0.2, 0.25) is 0 Å². The van der Waals surface area contributed by atoms with Gasteiger partial charge in [0.15, 0.2) is 0 Å². The first-order chi connectivity index (χ1) is 13.2. The molecule has 140 valence electrons. The van der Waals surface area contributed by atoms with E-state index in [1.807, 2.05) is 41.7 Å². The molecular weight excluding hydrogens is 338 g/mol. The molecule has 2 aliphatic rings. The number of likely N-dealkylation sites (tertiary alicyclic amines) is 1. The fraction of sp³-hybridized carbons (Fsp3) is 0.429. The quantitative estimate of drug-likeness (QED) is 0.736. The predicted molar refractivity (Wildman–Crippen MR) is 105 cm³/mol. The van der Waals surface area contributed by atoms with Crippen molar-refractivity contribution in [2.24, 2.45) is 0 Å². The summed E-state index contributed by atoms with van der Waals surface area (Å²) in [7, 11) is 0. The average Bonchev–Trinajstić information content (AvgIpc) is 3.37. The van der Waals surface area contributed by atoms with Crippen LogP contribution in [0, 0.1) is 0 Å². The van der Waals surface area contributed by atoms with Crippen LogP contribution in [-0.2, 0) is 12.0 Å². The van der Waals surface area contributed by atoms with Crippen LogP contribution in [0.3, 0.4) is 0 Å². The van der Waals surface area contributed by atoms with Gasteiger partial charge in [-0.2, -0.15) is 0 Å². The lowest BCUT2D eigenvalue weighted by Crippen LogP contribution is -2.57. The van der Waals surface area contributed by atoms with Crippen molar-refractivity contribution < 1.29 is 4.79 Å². The highest BCUT2D eigenvalue weighted by atomic mass is 16.2. The van der Waals surface area contributed by atoms with Crippen LogP contribution in [0.1, 0.15) is 41.5 Å². The van der Waals surface area contributed by atoms with Crippen molar-refractivity contribution in [1.82, 2.24) is 24.8 Å². The summed E-state index contributed by atoms with van der Waals surface area (Å²) in [5.41, 5.74) is 4.23. The topological polar surface area (TPSA) is 68.0 Å². The molecule has 0 radical (unpaired) electrons. The third kappa shape index (κ3) is 2.51. The van der Waals surface area contributed by atoms with Gasteiger partial charge in [0.2, 0.25) is 0 Å². The number of likely N-dealkylation sites (N-methyl/N-ethyl adjacent to an activating group) is 1. The number of nitrogens with one attached hydrogen (secondary N) is 2. The zero-order valence-corrected chi connectivity index (χ0v) is 15.7. The fourth-order valence-electron chi connectivity index (χ4n) is 4.98. The lowest BCUT2D eigenvalue weighted by atomic mass is 9.78. The first kappa shape index (κ1) is 16.6. The number of fused-ring (bicyclic) bond motifs is 3. The number of benzene rings is 1. The van der Waals surface area contributed by atoms with Crippen LogP contribution in [0.25, 0.3) is 10.9 Å². The van der Waals surface area contributed by atoms with E-state index in [4.69, 9.17) is 0 Å². The molecule has 1 fully saturated rings. The summed E-state index contributed by atoms with van der Waals surface area (Å²) in [6.45, 7) is 5.84. The van der Waals surface area contributed by atoms with Gasteiger partial charge in [-0.3, -0.25) is 9.69 Å². The lowest BCUT2D eigenvalue weighted by molar-refractivity contribution is 0.0103. The molecule has 2 N–H and O–H groups in total. The highest BCUT2D eigenvalue weighted by Crippen LogP contribution is 2.42. The number of imidazole rings is 1. The van der Waals surface area contributed by atoms with Gasteiger partial charge in [-0.1, -0.05) is 13.0 Å². The molecular formula is C21H25N5O. The summed E-state index contributed by atoms with van der Waals surface area (Å²) in [4.78, 5) is 28.8. The van der Waals surface area contributed by atoms with Crippen LogP contribution in [-0.4, -0.2) is 56.8 Å². The normalized spacial score (nSPS) is 19.5. The van der Waals surface area contributed by atoms with E-state index in [-0.39, 0.29) is 11.4 Å². The van der Waals surface area contributed by atoms with Gasteiger partial charge < -0.3 is 14.9 Å². The predicted octanol–water partition coefficient (Wildman–Crippen LogP) is 2.90. The monoisotopic (exact) mass is 363 g/mol. The smallest absolute Gasteiger partial charge is 0.253 e. The number of aromatic amines is 2. The van der Waals surface area contributed by atoms with E-state index >= 15 is 0 Å². The average molecular weight is 363 g/mol. The number of carbonyl (C=O) groups is 1. The Labute approximate surface area is 158 Å². The molecule has 27 heavy (non-hydrogen) atoms. The maximum atomic E-state index is 13.1. The van der Waals surface area contributed by atoms with E-state index in [9.17, 15) is 4.79 Å². The number of carbonyl (C=O) groups excluding carboxylic acids is 1. The SMILES string of the molecule is CCN1CCc2[nH]cnc2C12CCN(C(=O)c1ccc3cc[nH]c3c1)CC2. The van der Waals surface area contributed by atoms with E-state index in [2.05, 4.69) is 26.8 Å². The fourth-order valence-corrected chi connectivity index (χ4v) is 4.98. The Morgan fingerprint density at radius 1 is 1.19 bits per heavy atom. The van der Waals surface area contributed by atoms with Crippen molar-refractivity contribution in [2.45, 2.75) is 31.7 Å². The summed E-state index contributed by atoms with van der Waals surface area (Å²) < 4.78 is 0.